The topological polar surface area (TPSA) is 9.03 Å². The number of nitrogens with zero attached hydrogens (tertiary/aromatic N) is 2. The van der Waals surface area contributed by atoms with E-state index in [1.54, 1.807) is 5.56 Å². The molecule has 0 amide bonds. The Hall–Kier alpha value is -3.13. The summed E-state index contributed by atoms with van der Waals surface area (Å²) in [6.45, 7) is 26.2. The SMILES string of the molecule is CCC1c2cccc3c4cc(CC(C)(C)C)ccc4[n+]4c(-c5c(C(C)C)cccc5C(C)C)c(C)n(c4c23)C1(CC)CC. The van der Waals surface area contributed by atoms with Crippen molar-refractivity contribution in [3.63, 3.8) is 0 Å². The van der Waals surface area contributed by atoms with Crippen molar-refractivity contribution in [2.75, 3.05) is 0 Å². The molecule has 1 atom stereocenters. The molecule has 1 aliphatic heterocycles. The smallest absolute Gasteiger partial charge is 0.220 e. The van der Waals surface area contributed by atoms with Crippen molar-refractivity contribution >= 4 is 27.3 Å². The second-order valence-electron chi connectivity index (χ2n) is 15.2. The summed E-state index contributed by atoms with van der Waals surface area (Å²) in [5.41, 5.74) is 13.1. The van der Waals surface area contributed by atoms with Crippen LogP contribution in [0.3, 0.4) is 0 Å². The lowest BCUT2D eigenvalue weighted by Crippen LogP contribution is -2.43. The Morgan fingerprint density at radius 3 is 2.02 bits per heavy atom. The molecule has 0 spiro atoms. The summed E-state index contributed by atoms with van der Waals surface area (Å²) in [5, 5.41) is 4.27. The summed E-state index contributed by atoms with van der Waals surface area (Å²) < 4.78 is 5.53. The third-order valence-electron chi connectivity index (χ3n) is 10.7. The van der Waals surface area contributed by atoms with Crippen LogP contribution < -0.4 is 4.40 Å². The molecule has 43 heavy (non-hydrogen) atoms. The standard InChI is InChI=1S/C41H53N2/c1-12-34-32-20-16-19-31-33-23-28(24-40(9,10)11)21-22-35(33)42-38(36-29(25(4)5)17-15-18-30(36)26(6)7)27(8)43(39(42)37(31)32)41(34,13-2)14-3/h15-23,25-26,34H,12-14,24H2,1-11H3/q+1. The maximum atomic E-state index is 2.83. The van der Waals surface area contributed by atoms with E-state index in [1.165, 1.54) is 61.0 Å². The summed E-state index contributed by atoms with van der Waals surface area (Å²) in [5.74, 6) is 1.34. The summed E-state index contributed by atoms with van der Waals surface area (Å²) in [4.78, 5) is 0. The first-order valence-corrected chi connectivity index (χ1v) is 17.0. The van der Waals surface area contributed by atoms with Gasteiger partial charge >= 0.3 is 0 Å². The van der Waals surface area contributed by atoms with E-state index in [0.29, 0.717) is 17.8 Å². The normalized spacial score (nSPS) is 16.5. The van der Waals surface area contributed by atoms with Gasteiger partial charge in [0, 0.05) is 29.2 Å². The van der Waals surface area contributed by atoms with E-state index in [0.717, 1.165) is 25.7 Å². The number of hydrogen-bond donors (Lipinski definition) is 0. The molecule has 0 saturated heterocycles. The summed E-state index contributed by atoms with van der Waals surface area (Å²) in [7, 11) is 0. The van der Waals surface area contributed by atoms with Crippen LogP contribution in [0.25, 0.3) is 38.6 Å². The maximum Gasteiger partial charge on any atom is 0.296 e. The molecule has 2 aromatic heterocycles. The highest BCUT2D eigenvalue weighted by Gasteiger charge is 2.50. The van der Waals surface area contributed by atoms with Gasteiger partial charge in [-0.25, -0.2) is 4.57 Å². The molecular weight excluding hydrogens is 520 g/mol. The third-order valence-corrected chi connectivity index (χ3v) is 10.7. The Kier molecular flexibility index (Phi) is 7.30. The molecule has 1 aliphatic rings. The molecule has 0 saturated carbocycles. The first-order valence-electron chi connectivity index (χ1n) is 17.0. The highest BCUT2D eigenvalue weighted by molar-refractivity contribution is 6.11. The maximum absolute atomic E-state index is 2.83. The van der Waals surface area contributed by atoms with Crippen molar-refractivity contribution < 1.29 is 4.40 Å². The van der Waals surface area contributed by atoms with Gasteiger partial charge in [-0.3, -0.25) is 0 Å². The predicted molar refractivity (Wildman–Crippen MR) is 186 cm³/mol. The fourth-order valence-corrected chi connectivity index (χ4v) is 8.91. The van der Waals surface area contributed by atoms with Gasteiger partial charge in [0.25, 0.3) is 5.65 Å². The lowest BCUT2D eigenvalue weighted by atomic mass is 9.70. The van der Waals surface area contributed by atoms with Gasteiger partial charge in [-0.2, -0.15) is 4.40 Å². The molecule has 3 heterocycles. The zero-order valence-corrected chi connectivity index (χ0v) is 28.7. The van der Waals surface area contributed by atoms with Gasteiger partial charge < -0.3 is 0 Å². The first-order chi connectivity index (χ1) is 20.4. The summed E-state index contributed by atoms with van der Waals surface area (Å²) in [6.07, 6.45) is 4.45. The van der Waals surface area contributed by atoms with Gasteiger partial charge in [-0.15, -0.1) is 0 Å². The summed E-state index contributed by atoms with van der Waals surface area (Å²) in [6, 6.07) is 21.6. The van der Waals surface area contributed by atoms with Gasteiger partial charge in [-0.1, -0.05) is 112 Å². The number of hydrogen-bond acceptors (Lipinski definition) is 0. The zero-order chi connectivity index (χ0) is 31.0. The predicted octanol–water partition coefficient (Wildman–Crippen LogP) is 11.4. The van der Waals surface area contributed by atoms with Gasteiger partial charge in [0.15, 0.2) is 5.69 Å². The molecule has 226 valence electrons. The molecule has 6 rings (SSSR count). The number of imidazole rings is 1. The number of aromatic nitrogens is 2. The molecule has 0 N–H and O–H groups in total. The van der Waals surface area contributed by atoms with E-state index >= 15 is 0 Å². The Morgan fingerprint density at radius 2 is 1.47 bits per heavy atom. The monoisotopic (exact) mass is 573 g/mol. The molecule has 2 heteroatoms. The molecular formula is C41H53N2+. The Bertz CT molecular complexity index is 1830. The van der Waals surface area contributed by atoms with Crippen molar-refractivity contribution in [2.45, 2.75) is 125 Å². The molecule has 1 unspecified atom stereocenters. The van der Waals surface area contributed by atoms with Crippen LogP contribution in [-0.2, 0) is 12.0 Å². The van der Waals surface area contributed by atoms with Crippen LogP contribution >= 0.6 is 0 Å². The van der Waals surface area contributed by atoms with Crippen LogP contribution in [0.15, 0.2) is 54.6 Å². The zero-order valence-electron chi connectivity index (χ0n) is 28.7. The molecule has 5 aromatic rings. The average molecular weight is 574 g/mol. The van der Waals surface area contributed by atoms with Crippen LogP contribution in [0.2, 0.25) is 0 Å². The van der Waals surface area contributed by atoms with E-state index in [2.05, 4.69) is 140 Å². The highest BCUT2D eigenvalue weighted by Crippen LogP contribution is 2.53. The van der Waals surface area contributed by atoms with Gasteiger partial charge in [0.2, 0.25) is 0 Å². The van der Waals surface area contributed by atoms with Crippen LogP contribution in [0.5, 0.6) is 0 Å². The molecule has 0 fully saturated rings. The fraction of sp³-hybridized carbons (Fsp3) is 0.488. The van der Waals surface area contributed by atoms with E-state index in [-0.39, 0.29) is 11.0 Å². The van der Waals surface area contributed by atoms with Crippen molar-refractivity contribution in [3.05, 3.63) is 82.5 Å². The Balaban J connectivity index is 1.93. The number of fused-ring (bicyclic) bond motifs is 3. The molecule has 2 nitrogen and oxygen atoms in total. The van der Waals surface area contributed by atoms with Crippen molar-refractivity contribution in [3.8, 4) is 11.3 Å². The van der Waals surface area contributed by atoms with Gasteiger partial charge in [-0.05, 0) is 77.3 Å². The second-order valence-corrected chi connectivity index (χ2v) is 15.2. The van der Waals surface area contributed by atoms with E-state index < -0.39 is 0 Å². The van der Waals surface area contributed by atoms with E-state index in [4.69, 9.17) is 0 Å². The molecule has 3 aromatic carbocycles. The Labute approximate surface area is 260 Å². The quantitative estimate of drug-likeness (QED) is 0.135. The van der Waals surface area contributed by atoms with Crippen molar-refractivity contribution in [1.82, 2.24) is 4.57 Å². The molecule has 0 bridgehead atoms. The lowest BCUT2D eigenvalue weighted by molar-refractivity contribution is -0.467. The van der Waals surface area contributed by atoms with Crippen LogP contribution in [0.4, 0.5) is 0 Å². The molecule has 0 radical (unpaired) electrons. The second kappa shape index (κ2) is 10.5. The summed E-state index contributed by atoms with van der Waals surface area (Å²) >= 11 is 0. The van der Waals surface area contributed by atoms with Crippen LogP contribution in [0, 0.1) is 12.3 Å². The van der Waals surface area contributed by atoms with Gasteiger partial charge in [0.05, 0.1) is 5.39 Å². The van der Waals surface area contributed by atoms with Crippen LogP contribution in [-0.4, -0.2) is 4.57 Å². The highest BCUT2D eigenvalue weighted by atomic mass is 15.2. The minimum Gasteiger partial charge on any atom is -0.220 e. The number of benzene rings is 3. The number of rotatable bonds is 7. The molecule has 0 aliphatic carbocycles. The number of pyridine rings is 1. The largest absolute Gasteiger partial charge is 0.296 e. The third kappa shape index (κ3) is 4.30. The first kappa shape index (κ1) is 29.9. The minimum absolute atomic E-state index is 0.0359. The minimum atomic E-state index is 0.0359. The van der Waals surface area contributed by atoms with Gasteiger partial charge in [0.1, 0.15) is 16.7 Å². The van der Waals surface area contributed by atoms with E-state index in [9.17, 15) is 0 Å². The van der Waals surface area contributed by atoms with Crippen molar-refractivity contribution in [1.29, 1.82) is 0 Å². The fourth-order valence-electron chi connectivity index (χ4n) is 8.91. The average Bonchev–Trinajstić information content (AvgIpc) is 3.27. The lowest BCUT2D eigenvalue weighted by Gasteiger charge is -2.40. The van der Waals surface area contributed by atoms with Crippen molar-refractivity contribution in [2.24, 2.45) is 5.41 Å². The van der Waals surface area contributed by atoms with Crippen LogP contribution in [0.1, 0.15) is 134 Å². The van der Waals surface area contributed by atoms with E-state index in [1.807, 2.05) is 0 Å². The Morgan fingerprint density at radius 1 is 0.837 bits per heavy atom.